The van der Waals surface area contributed by atoms with Crippen LogP contribution in [0.3, 0.4) is 0 Å². The number of benzene rings is 1. The van der Waals surface area contributed by atoms with Gasteiger partial charge in [-0.2, -0.15) is 0 Å². The van der Waals surface area contributed by atoms with E-state index in [0.717, 1.165) is 17.6 Å². The van der Waals surface area contributed by atoms with Crippen LogP contribution in [0.4, 0.5) is 11.4 Å². The highest BCUT2D eigenvalue weighted by Crippen LogP contribution is 2.32. The summed E-state index contributed by atoms with van der Waals surface area (Å²) in [6.45, 7) is 0.146. The number of anilines is 1. The van der Waals surface area contributed by atoms with E-state index in [4.69, 9.17) is 0 Å². The zero-order valence-corrected chi connectivity index (χ0v) is 12.5. The largest absolute Gasteiger partial charge is 0.374 e. The van der Waals surface area contributed by atoms with Gasteiger partial charge in [-0.3, -0.25) is 14.9 Å². The molecule has 1 aromatic carbocycles. The fourth-order valence-corrected chi connectivity index (χ4v) is 3.19. The SMILES string of the molecule is CS(=O)(=O)c1cccc(NCc2csc(=O)[nH]2)c1[N+](=O)[O-]. The van der Waals surface area contributed by atoms with Crippen molar-refractivity contribution >= 4 is 32.5 Å². The minimum atomic E-state index is -3.72. The number of hydrogen-bond donors (Lipinski definition) is 2. The smallest absolute Gasteiger partial charge is 0.310 e. The summed E-state index contributed by atoms with van der Waals surface area (Å²) < 4.78 is 23.2. The van der Waals surface area contributed by atoms with E-state index in [2.05, 4.69) is 10.3 Å². The van der Waals surface area contributed by atoms with E-state index in [-0.39, 0.29) is 22.0 Å². The number of nitrogens with one attached hydrogen (secondary N) is 2. The van der Waals surface area contributed by atoms with Gasteiger partial charge in [0.2, 0.25) is 0 Å². The zero-order chi connectivity index (χ0) is 15.6. The molecule has 2 N–H and O–H groups in total. The average Bonchev–Trinajstić information content (AvgIpc) is 2.80. The zero-order valence-electron chi connectivity index (χ0n) is 10.8. The van der Waals surface area contributed by atoms with Gasteiger partial charge in [0.25, 0.3) is 0 Å². The lowest BCUT2D eigenvalue weighted by molar-refractivity contribution is -0.386. The van der Waals surface area contributed by atoms with Gasteiger partial charge in [0.1, 0.15) is 10.6 Å². The monoisotopic (exact) mass is 329 g/mol. The van der Waals surface area contributed by atoms with E-state index < -0.39 is 20.4 Å². The maximum atomic E-state index is 11.6. The molecule has 0 aliphatic heterocycles. The Morgan fingerprint density at radius 2 is 2.14 bits per heavy atom. The van der Waals surface area contributed by atoms with E-state index in [1.54, 1.807) is 5.38 Å². The summed E-state index contributed by atoms with van der Waals surface area (Å²) in [6, 6.07) is 4.02. The molecule has 10 heteroatoms. The van der Waals surface area contributed by atoms with Crippen molar-refractivity contribution in [3.8, 4) is 0 Å². The van der Waals surface area contributed by atoms with Crippen LogP contribution in [0.5, 0.6) is 0 Å². The Labute approximate surface area is 123 Å². The number of para-hydroxylation sites is 1. The van der Waals surface area contributed by atoms with Gasteiger partial charge in [0.05, 0.1) is 11.5 Å². The van der Waals surface area contributed by atoms with Crippen molar-refractivity contribution < 1.29 is 13.3 Å². The van der Waals surface area contributed by atoms with Crippen LogP contribution in [-0.2, 0) is 16.4 Å². The molecule has 2 aromatic rings. The summed E-state index contributed by atoms with van der Waals surface area (Å²) in [5.74, 6) is 0. The maximum absolute atomic E-state index is 11.6. The molecular formula is C11H11N3O5S2. The van der Waals surface area contributed by atoms with Gasteiger partial charge in [-0.25, -0.2) is 8.42 Å². The molecule has 0 unspecified atom stereocenters. The summed E-state index contributed by atoms with van der Waals surface area (Å²) in [5, 5.41) is 15.5. The molecule has 0 amide bonds. The molecule has 0 radical (unpaired) electrons. The fraction of sp³-hybridized carbons (Fsp3) is 0.182. The lowest BCUT2D eigenvalue weighted by atomic mass is 10.2. The van der Waals surface area contributed by atoms with Crippen molar-refractivity contribution in [2.45, 2.75) is 11.4 Å². The normalized spacial score (nSPS) is 11.3. The molecule has 0 bridgehead atoms. The second-order valence-electron chi connectivity index (χ2n) is 4.21. The number of H-pyrrole nitrogens is 1. The topological polar surface area (TPSA) is 122 Å². The first-order valence-electron chi connectivity index (χ1n) is 5.67. The van der Waals surface area contributed by atoms with Gasteiger partial charge in [0.15, 0.2) is 9.84 Å². The quantitative estimate of drug-likeness (QED) is 0.631. The molecule has 0 fully saturated rings. The molecule has 0 spiro atoms. The number of aromatic nitrogens is 1. The molecule has 21 heavy (non-hydrogen) atoms. The van der Waals surface area contributed by atoms with E-state index in [1.807, 2.05) is 0 Å². The van der Waals surface area contributed by atoms with E-state index >= 15 is 0 Å². The Kier molecular flexibility index (Phi) is 4.09. The van der Waals surface area contributed by atoms with Crippen molar-refractivity contribution in [1.29, 1.82) is 0 Å². The van der Waals surface area contributed by atoms with Gasteiger partial charge in [-0.15, -0.1) is 0 Å². The summed E-state index contributed by atoms with van der Waals surface area (Å²) in [7, 11) is -3.72. The molecule has 0 aliphatic carbocycles. The van der Waals surface area contributed by atoms with Gasteiger partial charge < -0.3 is 10.3 Å². The van der Waals surface area contributed by atoms with Crippen molar-refractivity contribution in [2.75, 3.05) is 11.6 Å². The first kappa shape index (κ1) is 15.2. The number of nitro benzene ring substituents is 1. The van der Waals surface area contributed by atoms with Crippen molar-refractivity contribution in [3.63, 3.8) is 0 Å². The fourth-order valence-electron chi connectivity index (χ4n) is 1.74. The van der Waals surface area contributed by atoms with Crippen LogP contribution in [0.25, 0.3) is 0 Å². The third kappa shape index (κ3) is 3.47. The van der Waals surface area contributed by atoms with Gasteiger partial charge in [-0.05, 0) is 12.1 Å². The van der Waals surface area contributed by atoms with Crippen molar-refractivity contribution in [2.24, 2.45) is 0 Å². The molecule has 0 saturated carbocycles. The molecule has 0 aliphatic rings. The summed E-state index contributed by atoms with van der Waals surface area (Å²) in [4.78, 5) is 23.4. The minimum Gasteiger partial charge on any atom is -0.374 e. The van der Waals surface area contributed by atoms with Crippen LogP contribution in [-0.4, -0.2) is 24.6 Å². The Morgan fingerprint density at radius 1 is 1.43 bits per heavy atom. The number of nitro groups is 1. The predicted octanol–water partition coefficient (Wildman–Crippen LogP) is 1.36. The minimum absolute atomic E-state index is 0.0787. The Hall–Kier alpha value is -2.20. The lowest BCUT2D eigenvalue weighted by Crippen LogP contribution is -2.08. The first-order valence-corrected chi connectivity index (χ1v) is 8.44. The van der Waals surface area contributed by atoms with Crippen molar-refractivity contribution in [1.82, 2.24) is 4.98 Å². The van der Waals surface area contributed by atoms with E-state index in [9.17, 15) is 23.3 Å². The van der Waals surface area contributed by atoms with Crippen LogP contribution in [0.2, 0.25) is 0 Å². The number of aromatic amines is 1. The predicted molar refractivity (Wildman–Crippen MR) is 78.5 cm³/mol. The van der Waals surface area contributed by atoms with Crippen LogP contribution >= 0.6 is 11.3 Å². The Balaban J connectivity index is 2.39. The molecule has 0 atom stereocenters. The highest BCUT2D eigenvalue weighted by molar-refractivity contribution is 7.90. The van der Waals surface area contributed by atoms with Crippen LogP contribution in [0.1, 0.15) is 5.69 Å². The van der Waals surface area contributed by atoms with Gasteiger partial charge in [-0.1, -0.05) is 17.4 Å². The molecular weight excluding hydrogens is 318 g/mol. The van der Waals surface area contributed by atoms with Gasteiger partial charge >= 0.3 is 10.6 Å². The standard InChI is InChI=1S/C11H11N3O5S2/c1-21(18,19)9-4-2-3-8(10(9)14(16)17)12-5-7-6-20-11(15)13-7/h2-4,6,12H,5H2,1H3,(H,13,15). The summed E-state index contributed by atoms with van der Waals surface area (Å²) in [6.07, 6.45) is 0.912. The number of hydrogen-bond acceptors (Lipinski definition) is 7. The first-order chi connectivity index (χ1) is 9.79. The van der Waals surface area contributed by atoms with E-state index in [0.29, 0.717) is 5.69 Å². The average molecular weight is 329 g/mol. The number of sulfone groups is 1. The molecule has 0 saturated heterocycles. The summed E-state index contributed by atoms with van der Waals surface area (Å²) in [5.41, 5.74) is 0.136. The highest BCUT2D eigenvalue weighted by Gasteiger charge is 2.25. The van der Waals surface area contributed by atoms with Crippen molar-refractivity contribution in [3.05, 3.63) is 49.1 Å². The summed E-state index contributed by atoms with van der Waals surface area (Å²) >= 11 is 0.977. The van der Waals surface area contributed by atoms with Gasteiger partial charge in [0, 0.05) is 17.3 Å². The second kappa shape index (κ2) is 5.66. The molecule has 2 rings (SSSR count). The Morgan fingerprint density at radius 3 is 2.67 bits per heavy atom. The molecule has 1 heterocycles. The van der Waals surface area contributed by atoms with Crippen LogP contribution < -0.4 is 10.2 Å². The maximum Gasteiger partial charge on any atom is 0.310 e. The number of thiazole rings is 1. The van der Waals surface area contributed by atoms with Crippen LogP contribution in [0, 0.1) is 10.1 Å². The third-order valence-electron chi connectivity index (χ3n) is 2.62. The third-order valence-corrected chi connectivity index (χ3v) is 4.47. The Bertz CT molecular complexity index is 838. The molecule has 8 nitrogen and oxygen atoms in total. The number of nitrogens with zero attached hydrogens (tertiary/aromatic N) is 1. The number of rotatable bonds is 5. The highest BCUT2D eigenvalue weighted by atomic mass is 32.2. The molecule has 1 aromatic heterocycles. The van der Waals surface area contributed by atoms with Crippen LogP contribution in [0.15, 0.2) is 33.3 Å². The second-order valence-corrected chi connectivity index (χ2v) is 7.03. The van der Waals surface area contributed by atoms with E-state index in [1.165, 1.54) is 18.2 Å². The lowest BCUT2D eigenvalue weighted by Gasteiger charge is -2.08. The molecule has 112 valence electrons.